The maximum atomic E-state index is 12.3. The van der Waals surface area contributed by atoms with Crippen LogP contribution in [-0.4, -0.2) is 66.5 Å². The lowest BCUT2D eigenvalue weighted by atomic mass is 10.2. The van der Waals surface area contributed by atoms with Gasteiger partial charge in [0.05, 0.1) is 6.04 Å². The molecule has 2 aliphatic rings. The average molecular weight is 345 g/mol. The number of carbonyl (C=O) groups excluding carboxylic acids is 2. The van der Waals surface area contributed by atoms with Gasteiger partial charge in [-0.15, -0.1) is 0 Å². The summed E-state index contributed by atoms with van der Waals surface area (Å²) < 4.78 is 5.60. The molecule has 0 bridgehead atoms. The number of amides is 2. The van der Waals surface area contributed by atoms with Gasteiger partial charge in [-0.3, -0.25) is 14.5 Å². The molecule has 2 amide bonds. The van der Waals surface area contributed by atoms with E-state index in [1.165, 1.54) is 0 Å². The SMILES string of the molecule is Cc1cccc(OCC(=O)N2CCN(C(C)C(=O)NC3CC3)CC2)c1. The van der Waals surface area contributed by atoms with Gasteiger partial charge in [-0.05, 0) is 44.4 Å². The summed E-state index contributed by atoms with van der Waals surface area (Å²) in [5, 5.41) is 3.05. The smallest absolute Gasteiger partial charge is 0.260 e. The number of hydrogen-bond donors (Lipinski definition) is 1. The van der Waals surface area contributed by atoms with Gasteiger partial charge < -0.3 is 15.0 Å². The Balaban J connectivity index is 1.41. The van der Waals surface area contributed by atoms with Crippen molar-refractivity contribution in [1.82, 2.24) is 15.1 Å². The number of nitrogens with zero attached hydrogens (tertiary/aromatic N) is 2. The highest BCUT2D eigenvalue weighted by atomic mass is 16.5. The second-order valence-corrected chi connectivity index (χ2v) is 6.98. The number of nitrogens with one attached hydrogen (secondary N) is 1. The van der Waals surface area contributed by atoms with Crippen LogP contribution < -0.4 is 10.1 Å². The van der Waals surface area contributed by atoms with E-state index in [2.05, 4.69) is 10.2 Å². The molecule has 1 aliphatic heterocycles. The maximum absolute atomic E-state index is 12.3. The van der Waals surface area contributed by atoms with Crippen molar-refractivity contribution in [2.24, 2.45) is 0 Å². The van der Waals surface area contributed by atoms with Crippen molar-refractivity contribution in [1.29, 1.82) is 0 Å². The first kappa shape index (κ1) is 17.7. The van der Waals surface area contributed by atoms with E-state index >= 15 is 0 Å². The monoisotopic (exact) mass is 345 g/mol. The van der Waals surface area contributed by atoms with E-state index in [1.807, 2.05) is 43.0 Å². The van der Waals surface area contributed by atoms with Crippen LogP contribution in [0.3, 0.4) is 0 Å². The summed E-state index contributed by atoms with van der Waals surface area (Å²) in [5.41, 5.74) is 1.11. The Morgan fingerprint density at radius 3 is 2.60 bits per heavy atom. The van der Waals surface area contributed by atoms with Gasteiger partial charge in [0.2, 0.25) is 5.91 Å². The largest absolute Gasteiger partial charge is 0.484 e. The predicted octanol–water partition coefficient (Wildman–Crippen LogP) is 1.19. The van der Waals surface area contributed by atoms with Gasteiger partial charge in [0.15, 0.2) is 6.61 Å². The van der Waals surface area contributed by atoms with Gasteiger partial charge in [-0.25, -0.2) is 0 Å². The molecule has 0 spiro atoms. The second-order valence-electron chi connectivity index (χ2n) is 6.98. The molecule has 0 radical (unpaired) electrons. The van der Waals surface area contributed by atoms with E-state index in [1.54, 1.807) is 0 Å². The zero-order chi connectivity index (χ0) is 17.8. The van der Waals surface area contributed by atoms with Gasteiger partial charge in [0.1, 0.15) is 5.75 Å². The molecule has 1 heterocycles. The summed E-state index contributed by atoms with van der Waals surface area (Å²) in [6, 6.07) is 7.94. The number of piperazine rings is 1. The molecule has 6 heteroatoms. The summed E-state index contributed by atoms with van der Waals surface area (Å²) in [5.74, 6) is 0.818. The average Bonchev–Trinajstić information content (AvgIpc) is 3.43. The van der Waals surface area contributed by atoms with Gasteiger partial charge in [-0.1, -0.05) is 12.1 Å². The molecule has 1 N–H and O–H groups in total. The fraction of sp³-hybridized carbons (Fsp3) is 0.579. The molecular formula is C19H27N3O3. The van der Waals surface area contributed by atoms with Crippen molar-refractivity contribution in [3.05, 3.63) is 29.8 Å². The van der Waals surface area contributed by atoms with Crippen LogP contribution in [-0.2, 0) is 9.59 Å². The molecule has 6 nitrogen and oxygen atoms in total. The van der Waals surface area contributed by atoms with Crippen molar-refractivity contribution in [2.45, 2.75) is 38.8 Å². The predicted molar refractivity (Wildman–Crippen MR) is 95.5 cm³/mol. The minimum Gasteiger partial charge on any atom is -0.484 e. The van der Waals surface area contributed by atoms with Crippen molar-refractivity contribution in [2.75, 3.05) is 32.8 Å². The van der Waals surface area contributed by atoms with Gasteiger partial charge in [0, 0.05) is 32.2 Å². The quantitative estimate of drug-likeness (QED) is 0.841. The Morgan fingerprint density at radius 1 is 1.24 bits per heavy atom. The molecule has 1 aromatic carbocycles. The zero-order valence-corrected chi connectivity index (χ0v) is 15.0. The van der Waals surface area contributed by atoms with Crippen LogP contribution in [0, 0.1) is 6.92 Å². The van der Waals surface area contributed by atoms with Crippen LogP contribution in [0.2, 0.25) is 0 Å². The highest BCUT2D eigenvalue weighted by molar-refractivity contribution is 5.82. The minimum absolute atomic E-state index is 0.00348. The maximum Gasteiger partial charge on any atom is 0.260 e. The van der Waals surface area contributed by atoms with E-state index in [4.69, 9.17) is 4.74 Å². The summed E-state index contributed by atoms with van der Waals surface area (Å²) in [6.07, 6.45) is 2.20. The molecule has 1 saturated carbocycles. The van der Waals surface area contributed by atoms with Gasteiger partial charge in [0.25, 0.3) is 5.91 Å². The zero-order valence-electron chi connectivity index (χ0n) is 15.0. The third-order valence-electron chi connectivity index (χ3n) is 4.87. The van der Waals surface area contributed by atoms with Crippen LogP contribution in [0.5, 0.6) is 5.75 Å². The minimum atomic E-state index is -0.138. The topological polar surface area (TPSA) is 61.9 Å². The van der Waals surface area contributed by atoms with Crippen LogP contribution >= 0.6 is 0 Å². The highest BCUT2D eigenvalue weighted by Gasteiger charge is 2.30. The van der Waals surface area contributed by atoms with E-state index in [9.17, 15) is 9.59 Å². The molecule has 1 atom stereocenters. The van der Waals surface area contributed by atoms with Gasteiger partial charge in [-0.2, -0.15) is 0 Å². The number of benzene rings is 1. The molecule has 1 saturated heterocycles. The van der Waals surface area contributed by atoms with Crippen LogP contribution in [0.1, 0.15) is 25.3 Å². The van der Waals surface area contributed by atoms with Gasteiger partial charge >= 0.3 is 0 Å². The van der Waals surface area contributed by atoms with E-state index < -0.39 is 0 Å². The number of aryl methyl sites for hydroxylation is 1. The molecule has 1 aliphatic carbocycles. The lowest BCUT2D eigenvalue weighted by Gasteiger charge is -2.37. The molecule has 25 heavy (non-hydrogen) atoms. The van der Waals surface area contributed by atoms with Crippen LogP contribution in [0.15, 0.2) is 24.3 Å². The first-order valence-corrected chi connectivity index (χ1v) is 9.04. The Labute approximate surface area is 149 Å². The van der Waals surface area contributed by atoms with E-state index in [0.29, 0.717) is 19.1 Å². The summed E-state index contributed by atoms with van der Waals surface area (Å²) >= 11 is 0. The third-order valence-corrected chi connectivity index (χ3v) is 4.87. The Kier molecular flexibility index (Phi) is 5.58. The number of ether oxygens (including phenoxy) is 1. The highest BCUT2D eigenvalue weighted by Crippen LogP contribution is 2.19. The van der Waals surface area contributed by atoms with Crippen LogP contribution in [0.25, 0.3) is 0 Å². The Morgan fingerprint density at radius 2 is 1.96 bits per heavy atom. The standard InChI is InChI=1S/C19H27N3O3/c1-14-4-3-5-17(12-14)25-13-18(23)22-10-8-21(9-11-22)15(2)19(24)20-16-6-7-16/h3-5,12,15-16H,6-11,13H2,1-2H3,(H,20,24). The molecule has 1 aromatic rings. The lowest BCUT2D eigenvalue weighted by Crippen LogP contribution is -2.55. The van der Waals surface area contributed by atoms with Crippen LogP contribution in [0.4, 0.5) is 0 Å². The summed E-state index contributed by atoms with van der Waals surface area (Å²) in [6.45, 7) is 6.70. The number of carbonyl (C=O) groups is 2. The second kappa shape index (κ2) is 7.87. The van der Waals surface area contributed by atoms with Crippen molar-refractivity contribution in [3.63, 3.8) is 0 Å². The first-order chi connectivity index (χ1) is 12.0. The summed E-state index contributed by atoms with van der Waals surface area (Å²) in [7, 11) is 0. The lowest BCUT2D eigenvalue weighted by molar-refractivity contribution is -0.136. The van der Waals surface area contributed by atoms with Crippen molar-refractivity contribution >= 4 is 11.8 Å². The van der Waals surface area contributed by atoms with E-state index in [0.717, 1.165) is 37.2 Å². The van der Waals surface area contributed by atoms with Crippen molar-refractivity contribution in [3.8, 4) is 5.75 Å². The Hall–Kier alpha value is -2.08. The summed E-state index contributed by atoms with van der Waals surface area (Å²) in [4.78, 5) is 28.4. The van der Waals surface area contributed by atoms with E-state index in [-0.39, 0.29) is 24.5 Å². The molecule has 136 valence electrons. The molecule has 2 fully saturated rings. The number of rotatable bonds is 6. The molecule has 0 aromatic heterocycles. The molecular weight excluding hydrogens is 318 g/mol. The number of hydrogen-bond acceptors (Lipinski definition) is 4. The third kappa shape index (κ3) is 4.95. The Bertz CT molecular complexity index is 622. The van der Waals surface area contributed by atoms with Crippen molar-refractivity contribution < 1.29 is 14.3 Å². The fourth-order valence-electron chi connectivity index (χ4n) is 3.02. The fourth-order valence-corrected chi connectivity index (χ4v) is 3.02. The molecule has 1 unspecified atom stereocenters. The normalized spacial score (nSPS) is 19.4. The molecule has 3 rings (SSSR count). The first-order valence-electron chi connectivity index (χ1n) is 9.04.